The summed E-state index contributed by atoms with van der Waals surface area (Å²) in [6.07, 6.45) is 1.71. The van der Waals surface area contributed by atoms with Crippen LogP contribution in [0.2, 0.25) is 0 Å². The summed E-state index contributed by atoms with van der Waals surface area (Å²) in [5.74, 6) is 0.943. The fraction of sp³-hybridized carbons (Fsp3) is 0.281. The van der Waals surface area contributed by atoms with Gasteiger partial charge in [0.15, 0.2) is 0 Å². The van der Waals surface area contributed by atoms with E-state index in [0.717, 1.165) is 66.9 Å². The first-order valence-electron chi connectivity index (χ1n) is 22.0. The number of para-hydroxylation sites is 1. The van der Waals surface area contributed by atoms with Crippen molar-refractivity contribution in [3.63, 3.8) is 0 Å². The Morgan fingerprint density at radius 3 is 1.89 bits per heavy atom. The average molecular weight is 1090 g/mol. The number of hydrogen-bond donors (Lipinski definition) is 1. The van der Waals surface area contributed by atoms with Gasteiger partial charge in [0.25, 0.3) is 0 Å². The number of benzene rings is 6. The van der Waals surface area contributed by atoms with E-state index in [2.05, 4.69) is 209 Å². The molecule has 9 rings (SSSR count). The van der Waals surface area contributed by atoms with Crippen LogP contribution in [0.25, 0.3) is 81.0 Å². The molecule has 328 valence electrons. The standard InChI is InChI=1S/C57H57N4OSe.Pt/c1-54(2,3)37-25-26-45(42(30-37)34-19-14-13-15-20-34)61-46-23-18-22-40(49(46)60-53(61)43-31-39(56(7,8)9)32-44(51(43)62)57(10,11)12)35-27-36(29-38(28-35)55(4,5)6)48-52-50(59-33-58-48)41-21-16-17-24-47(41)63-52;/h13-26,28-33,62H,1-12H3;/q-1;. The molecule has 6 aromatic carbocycles. The van der Waals surface area contributed by atoms with E-state index in [1.54, 1.807) is 6.33 Å². The van der Waals surface area contributed by atoms with Gasteiger partial charge in [-0.1, -0.05) is 98.7 Å². The van der Waals surface area contributed by atoms with E-state index in [1.807, 2.05) is 0 Å². The van der Waals surface area contributed by atoms with E-state index in [4.69, 9.17) is 15.0 Å². The molecule has 0 bridgehead atoms. The van der Waals surface area contributed by atoms with E-state index in [9.17, 15) is 5.11 Å². The first-order valence-corrected chi connectivity index (χ1v) is 23.7. The third-order valence-electron chi connectivity index (χ3n) is 12.3. The largest absolute Gasteiger partial charge is 0 e. The number of phenols is 1. The maximum absolute atomic E-state index is 12.5. The topological polar surface area (TPSA) is 63.8 Å². The molecule has 0 aliphatic heterocycles. The van der Waals surface area contributed by atoms with Crippen LogP contribution in [-0.2, 0) is 42.7 Å². The zero-order chi connectivity index (χ0) is 44.8. The summed E-state index contributed by atoms with van der Waals surface area (Å²) in [6.45, 7) is 26.8. The number of fused-ring (bicyclic) bond motifs is 4. The smallest absolute Gasteiger partial charge is 0 e. The molecule has 5 nitrogen and oxygen atoms in total. The zero-order valence-corrected chi connectivity index (χ0v) is 43.0. The van der Waals surface area contributed by atoms with Crippen molar-refractivity contribution < 1.29 is 26.2 Å². The van der Waals surface area contributed by atoms with Gasteiger partial charge in [-0.2, -0.15) is 0 Å². The molecule has 0 unspecified atom stereocenters. The fourth-order valence-electron chi connectivity index (χ4n) is 8.59. The van der Waals surface area contributed by atoms with Crippen LogP contribution in [-0.4, -0.2) is 39.1 Å². The van der Waals surface area contributed by atoms with Gasteiger partial charge in [0, 0.05) is 21.1 Å². The molecule has 7 heteroatoms. The van der Waals surface area contributed by atoms with Crippen LogP contribution in [0, 0.1) is 6.07 Å². The molecule has 0 aliphatic carbocycles. The monoisotopic (exact) mass is 1090 g/mol. The molecule has 0 fully saturated rings. The summed E-state index contributed by atoms with van der Waals surface area (Å²) in [6, 6.07) is 45.3. The summed E-state index contributed by atoms with van der Waals surface area (Å²) in [5, 5.41) is 13.7. The van der Waals surface area contributed by atoms with Gasteiger partial charge in [0.1, 0.15) is 0 Å². The molecule has 0 aliphatic rings. The SMILES string of the molecule is CC(C)(C)c1cc(-c2cccc3c2nc(-c2cc(C(C)(C)C)cc(C(C)(C)C)c2O)n3-c2ccc(C(C)(C)C)cc2-c2ccccc2)[c-]c(-c2ncnc3c2[se]c2ccccc23)c1.[Pt]. The van der Waals surface area contributed by atoms with Gasteiger partial charge in [0.2, 0.25) is 0 Å². The fourth-order valence-corrected chi connectivity index (χ4v) is 11.0. The van der Waals surface area contributed by atoms with Crippen LogP contribution in [0.5, 0.6) is 5.75 Å². The van der Waals surface area contributed by atoms with Crippen LogP contribution >= 0.6 is 0 Å². The van der Waals surface area contributed by atoms with Crippen LogP contribution < -0.4 is 0 Å². The molecular weight excluding hydrogens is 1030 g/mol. The number of nitrogens with zero attached hydrogens (tertiary/aromatic N) is 4. The predicted octanol–water partition coefficient (Wildman–Crippen LogP) is 14.5. The zero-order valence-electron chi connectivity index (χ0n) is 39.0. The number of rotatable bonds is 5. The van der Waals surface area contributed by atoms with Crippen molar-refractivity contribution >= 4 is 45.0 Å². The van der Waals surface area contributed by atoms with Crippen LogP contribution in [0.3, 0.4) is 0 Å². The van der Waals surface area contributed by atoms with Gasteiger partial charge in [-0.3, -0.25) is 0 Å². The Labute approximate surface area is 399 Å². The molecule has 0 amide bonds. The Kier molecular flexibility index (Phi) is 11.6. The molecule has 0 saturated heterocycles. The maximum atomic E-state index is 12.5. The first-order chi connectivity index (χ1) is 29.7. The minimum Gasteiger partial charge on any atom is 0 e. The second-order valence-corrected chi connectivity index (χ2v) is 23.4. The summed E-state index contributed by atoms with van der Waals surface area (Å²) in [4.78, 5) is 15.5. The Morgan fingerprint density at radius 1 is 0.562 bits per heavy atom. The number of hydrogen-bond acceptors (Lipinski definition) is 4. The van der Waals surface area contributed by atoms with Crippen molar-refractivity contribution in [2.45, 2.75) is 105 Å². The summed E-state index contributed by atoms with van der Waals surface area (Å²) < 4.78 is 4.81. The second-order valence-electron chi connectivity index (χ2n) is 21.2. The number of imidazole rings is 1. The molecule has 0 radical (unpaired) electrons. The normalized spacial score (nSPS) is 12.6. The summed E-state index contributed by atoms with van der Waals surface area (Å²) in [5.41, 5.74) is 14.2. The van der Waals surface area contributed by atoms with Crippen molar-refractivity contribution in [2.24, 2.45) is 0 Å². The molecular formula is C57H57N4OPtSe-. The molecule has 3 aromatic heterocycles. The molecule has 0 spiro atoms. The van der Waals surface area contributed by atoms with Gasteiger partial charge in [-0.15, -0.1) is 0 Å². The molecule has 64 heavy (non-hydrogen) atoms. The van der Waals surface area contributed by atoms with Crippen molar-refractivity contribution in [1.29, 1.82) is 0 Å². The average Bonchev–Trinajstić information content (AvgIpc) is 3.81. The molecule has 0 atom stereocenters. The Balaban J connectivity index is 0.00000560. The molecule has 9 aromatic rings. The molecule has 0 saturated carbocycles. The van der Waals surface area contributed by atoms with Crippen LogP contribution in [0.4, 0.5) is 0 Å². The van der Waals surface area contributed by atoms with Crippen molar-refractivity contribution in [3.8, 4) is 56.3 Å². The Morgan fingerprint density at radius 2 is 1.20 bits per heavy atom. The predicted molar refractivity (Wildman–Crippen MR) is 266 cm³/mol. The number of phenolic OH excluding ortho intramolecular Hbond substituents is 1. The third-order valence-corrected chi connectivity index (χ3v) is 14.8. The minimum absolute atomic E-state index is 0. The Hall–Kier alpha value is -5.12. The maximum Gasteiger partial charge on any atom is 0 e. The van der Waals surface area contributed by atoms with Gasteiger partial charge < -0.3 is 0 Å². The van der Waals surface area contributed by atoms with E-state index in [-0.39, 0.29) is 63.0 Å². The van der Waals surface area contributed by atoms with Gasteiger partial charge in [-0.05, 0) is 21.8 Å². The quantitative estimate of drug-likeness (QED) is 0.138. The molecule has 3 heterocycles. The number of aromatic nitrogens is 4. The van der Waals surface area contributed by atoms with Crippen molar-refractivity contribution in [1.82, 2.24) is 19.5 Å². The van der Waals surface area contributed by atoms with E-state index >= 15 is 0 Å². The summed E-state index contributed by atoms with van der Waals surface area (Å²) in [7, 11) is 0. The van der Waals surface area contributed by atoms with Gasteiger partial charge in [0.05, 0.1) is 0 Å². The minimum atomic E-state index is -0.325. The Bertz CT molecular complexity index is 3220. The summed E-state index contributed by atoms with van der Waals surface area (Å²) >= 11 is 0.0659. The van der Waals surface area contributed by atoms with E-state index in [1.165, 1.54) is 25.0 Å². The second kappa shape index (κ2) is 16.4. The van der Waals surface area contributed by atoms with Gasteiger partial charge in [-0.25, -0.2) is 0 Å². The van der Waals surface area contributed by atoms with E-state index in [0.29, 0.717) is 11.4 Å². The van der Waals surface area contributed by atoms with E-state index < -0.39 is 0 Å². The van der Waals surface area contributed by atoms with Gasteiger partial charge >= 0.3 is 260 Å². The van der Waals surface area contributed by atoms with Crippen LogP contribution in [0.1, 0.15) is 105 Å². The third kappa shape index (κ3) is 8.23. The first kappa shape index (κ1) is 45.4. The van der Waals surface area contributed by atoms with Crippen molar-refractivity contribution in [2.75, 3.05) is 0 Å². The van der Waals surface area contributed by atoms with Crippen molar-refractivity contribution in [3.05, 3.63) is 150 Å². The molecule has 1 N–H and O–H groups in total. The van der Waals surface area contributed by atoms with Crippen LogP contribution in [0.15, 0.2) is 122 Å². The number of aromatic hydroxyl groups is 1.